The smallest absolute Gasteiger partial charge is 0.191 e. The van der Waals surface area contributed by atoms with Crippen molar-refractivity contribution < 1.29 is 9.47 Å². The van der Waals surface area contributed by atoms with Gasteiger partial charge in [-0.15, -0.1) is 24.0 Å². The molecule has 0 spiro atoms. The summed E-state index contributed by atoms with van der Waals surface area (Å²) in [6.07, 6.45) is 0.839. The minimum absolute atomic E-state index is 0. The molecule has 1 saturated heterocycles. The number of nitrogens with one attached hydrogen (secondary N) is 2. The van der Waals surface area contributed by atoms with E-state index in [1.807, 2.05) is 30.3 Å². The Kier molecular flexibility index (Phi) is 11.4. The first-order chi connectivity index (χ1) is 14.7. The van der Waals surface area contributed by atoms with Crippen molar-refractivity contribution in [3.8, 4) is 5.75 Å². The number of methoxy groups -OCH3 is 1. The summed E-state index contributed by atoms with van der Waals surface area (Å²) in [4.78, 5) is 6.83. The lowest BCUT2D eigenvalue weighted by Crippen LogP contribution is -2.46. The third-order valence-electron chi connectivity index (χ3n) is 5.32. The summed E-state index contributed by atoms with van der Waals surface area (Å²) in [5, 5.41) is 7.68. The normalized spacial score (nSPS) is 15.6. The highest BCUT2D eigenvalue weighted by atomic mass is 127. The number of aliphatic imine (C=N–C) groups is 1. The topological polar surface area (TPSA) is 58.1 Å². The summed E-state index contributed by atoms with van der Waals surface area (Å²) < 4.78 is 10.9. The molecule has 0 bridgehead atoms. The van der Waals surface area contributed by atoms with Gasteiger partial charge in [0.1, 0.15) is 5.75 Å². The van der Waals surface area contributed by atoms with Crippen LogP contribution >= 0.6 is 35.6 Å². The molecule has 8 heteroatoms. The zero-order chi connectivity index (χ0) is 21.2. The van der Waals surface area contributed by atoms with Crippen molar-refractivity contribution >= 4 is 41.5 Å². The molecular formula is C23H32ClIN4O2. The minimum Gasteiger partial charge on any atom is -0.497 e. The molecule has 2 aromatic rings. The number of guanidine groups is 1. The molecule has 1 unspecified atom stereocenters. The van der Waals surface area contributed by atoms with Gasteiger partial charge in [-0.2, -0.15) is 0 Å². The van der Waals surface area contributed by atoms with E-state index in [0.717, 1.165) is 68.1 Å². The Balaban J connectivity index is 0.00000341. The van der Waals surface area contributed by atoms with E-state index in [1.165, 1.54) is 5.56 Å². The summed E-state index contributed by atoms with van der Waals surface area (Å²) in [6.45, 7) is 4.86. The van der Waals surface area contributed by atoms with Crippen LogP contribution in [0.15, 0.2) is 53.5 Å². The molecule has 0 radical (unpaired) electrons. The van der Waals surface area contributed by atoms with Crippen molar-refractivity contribution in [1.29, 1.82) is 0 Å². The van der Waals surface area contributed by atoms with E-state index in [0.29, 0.717) is 0 Å². The minimum atomic E-state index is 0. The molecule has 1 fully saturated rings. The van der Waals surface area contributed by atoms with Crippen LogP contribution in [0.1, 0.15) is 17.2 Å². The van der Waals surface area contributed by atoms with Crippen LogP contribution in [-0.2, 0) is 11.2 Å². The molecule has 0 saturated carbocycles. The summed E-state index contributed by atoms with van der Waals surface area (Å²) in [5.41, 5.74) is 2.38. The fourth-order valence-corrected chi connectivity index (χ4v) is 3.83. The molecule has 1 heterocycles. The van der Waals surface area contributed by atoms with Gasteiger partial charge in [0.15, 0.2) is 5.96 Å². The number of morpholine rings is 1. The second kappa shape index (κ2) is 13.8. The van der Waals surface area contributed by atoms with Crippen molar-refractivity contribution in [2.24, 2.45) is 4.99 Å². The van der Waals surface area contributed by atoms with Crippen LogP contribution in [-0.4, -0.2) is 64.4 Å². The highest BCUT2D eigenvalue weighted by Crippen LogP contribution is 2.23. The van der Waals surface area contributed by atoms with Crippen LogP contribution in [0.4, 0.5) is 0 Å². The van der Waals surface area contributed by atoms with E-state index in [2.05, 4.69) is 38.7 Å². The third-order valence-corrected chi connectivity index (χ3v) is 5.69. The second-order valence-corrected chi connectivity index (χ2v) is 7.57. The largest absolute Gasteiger partial charge is 0.497 e. The Labute approximate surface area is 207 Å². The average molecular weight is 559 g/mol. The van der Waals surface area contributed by atoms with E-state index < -0.39 is 0 Å². The van der Waals surface area contributed by atoms with Crippen molar-refractivity contribution in [1.82, 2.24) is 15.5 Å². The van der Waals surface area contributed by atoms with Crippen molar-refractivity contribution in [3.05, 3.63) is 64.7 Å². The molecule has 1 atom stereocenters. The van der Waals surface area contributed by atoms with Gasteiger partial charge in [0.25, 0.3) is 0 Å². The maximum atomic E-state index is 6.25. The molecule has 6 nitrogen and oxygen atoms in total. The highest BCUT2D eigenvalue weighted by Gasteiger charge is 2.23. The van der Waals surface area contributed by atoms with Crippen LogP contribution in [0.5, 0.6) is 5.75 Å². The van der Waals surface area contributed by atoms with E-state index >= 15 is 0 Å². The van der Waals surface area contributed by atoms with Crippen molar-refractivity contribution in [2.75, 3.05) is 53.6 Å². The number of hydrogen-bond acceptors (Lipinski definition) is 4. The summed E-state index contributed by atoms with van der Waals surface area (Å²) in [6, 6.07) is 16.5. The lowest BCUT2D eigenvalue weighted by Gasteiger charge is -2.35. The highest BCUT2D eigenvalue weighted by molar-refractivity contribution is 14.0. The van der Waals surface area contributed by atoms with E-state index in [1.54, 1.807) is 14.2 Å². The third kappa shape index (κ3) is 7.82. The molecule has 0 amide bonds. The first-order valence-corrected chi connectivity index (χ1v) is 10.7. The number of halogens is 2. The molecule has 31 heavy (non-hydrogen) atoms. The van der Waals surface area contributed by atoms with Gasteiger partial charge in [0.05, 0.1) is 26.4 Å². The maximum Gasteiger partial charge on any atom is 0.191 e. The molecule has 2 N–H and O–H groups in total. The van der Waals surface area contributed by atoms with E-state index in [4.69, 9.17) is 21.1 Å². The molecule has 1 aliphatic rings. The predicted molar refractivity (Wildman–Crippen MR) is 138 cm³/mol. The van der Waals surface area contributed by atoms with Gasteiger partial charge in [-0.05, 0) is 35.7 Å². The average Bonchev–Trinajstić information content (AvgIpc) is 2.80. The Morgan fingerprint density at radius 2 is 1.84 bits per heavy atom. The number of benzene rings is 2. The lowest BCUT2D eigenvalue weighted by molar-refractivity contribution is 0.0170. The SMILES string of the molecule is CN=C(NCCc1ccccc1Cl)NCC(c1ccc(OC)cc1)N1CCOCC1.I. The number of nitrogens with zero attached hydrogens (tertiary/aromatic N) is 2. The zero-order valence-electron chi connectivity index (χ0n) is 18.1. The second-order valence-electron chi connectivity index (χ2n) is 7.16. The Morgan fingerprint density at radius 3 is 2.48 bits per heavy atom. The Morgan fingerprint density at radius 1 is 1.13 bits per heavy atom. The van der Waals surface area contributed by atoms with E-state index in [9.17, 15) is 0 Å². The fourth-order valence-electron chi connectivity index (χ4n) is 3.60. The molecule has 0 aromatic heterocycles. The summed E-state index contributed by atoms with van der Waals surface area (Å²) >= 11 is 6.25. The van der Waals surface area contributed by atoms with Crippen LogP contribution in [0, 0.1) is 0 Å². The molecule has 0 aliphatic carbocycles. The van der Waals surface area contributed by atoms with E-state index in [-0.39, 0.29) is 30.0 Å². The molecule has 1 aliphatic heterocycles. The number of ether oxygens (including phenoxy) is 2. The van der Waals surface area contributed by atoms with Gasteiger partial charge in [-0.25, -0.2) is 0 Å². The Hall–Kier alpha value is -1.55. The molecule has 3 rings (SSSR count). The first-order valence-electron chi connectivity index (χ1n) is 10.3. The van der Waals surface area contributed by atoms with Gasteiger partial charge in [-0.3, -0.25) is 9.89 Å². The Bertz CT molecular complexity index is 813. The number of rotatable bonds is 8. The van der Waals surface area contributed by atoms with Crippen LogP contribution in [0.25, 0.3) is 0 Å². The zero-order valence-corrected chi connectivity index (χ0v) is 21.2. The van der Waals surface area contributed by atoms with Crippen molar-refractivity contribution in [3.63, 3.8) is 0 Å². The van der Waals surface area contributed by atoms with Crippen LogP contribution in [0.2, 0.25) is 5.02 Å². The molecule has 2 aromatic carbocycles. The molecule has 170 valence electrons. The standard InChI is InChI=1S/C23H31ClN4O2.HI/c1-25-23(26-12-11-18-5-3-4-6-21(18)24)27-17-22(28-13-15-30-16-14-28)19-7-9-20(29-2)10-8-19;/h3-10,22H,11-17H2,1-2H3,(H2,25,26,27);1H. The fraction of sp³-hybridized carbons (Fsp3) is 0.435. The first kappa shape index (κ1) is 25.7. The predicted octanol–water partition coefficient (Wildman–Crippen LogP) is 3.75. The van der Waals surface area contributed by atoms with Crippen molar-refractivity contribution in [2.45, 2.75) is 12.5 Å². The van der Waals surface area contributed by atoms with Gasteiger partial charge < -0.3 is 20.1 Å². The quantitative estimate of drug-likeness (QED) is 0.294. The number of hydrogen-bond donors (Lipinski definition) is 2. The monoisotopic (exact) mass is 558 g/mol. The summed E-state index contributed by atoms with van der Waals surface area (Å²) in [5.74, 6) is 1.65. The van der Waals surface area contributed by atoms with Crippen LogP contribution < -0.4 is 15.4 Å². The van der Waals surface area contributed by atoms with Gasteiger partial charge >= 0.3 is 0 Å². The lowest BCUT2D eigenvalue weighted by atomic mass is 10.0. The summed E-state index contributed by atoms with van der Waals surface area (Å²) in [7, 11) is 3.48. The van der Waals surface area contributed by atoms with Gasteiger partial charge in [0.2, 0.25) is 0 Å². The van der Waals surface area contributed by atoms with Gasteiger partial charge in [0, 0.05) is 38.2 Å². The molecular weight excluding hydrogens is 527 g/mol. The van der Waals surface area contributed by atoms with Crippen LogP contribution in [0.3, 0.4) is 0 Å². The maximum absolute atomic E-state index is 6.25. The van der Waals surface area contributed by atoms with Gasteiger partial charge in [-0.1, -0.05) is 41.9 Å².